The van der Waals surface area contributed by atoms with Crippen molar-refractivity contribution in [3.8, 4) is 11.5 Å². The highest BCUT2D eigenvalue weighted by molar-refractivity contribution is 5.89. The Morgan fingerprint density at radius 3 is 2.32 bits per heavy atom. The van der Waals surface area contributed by atoms with E-state index >= 15 is 0 Å². The van der Waals surface area contributed by atoms with E-state index in [1.54, 1.807) is 52.1 Å². The average molecular weight is 524 g/mol. The molecule has 0 unspecified atom stereocenters. The van der Waals surface area contributed by atoms with Crippen molar-refractivity contribution >= 4 is 17.8 Å². The number of benzene rings is 3. The van der Waals surface area contributed by atoms with Crippen LogP contribution in [0.4, 0.5) is 19.7 Å². The van der Waals surface area contributed by atoms with Crippen molar-refractivity contribution < 1.29 is 28.2 Å². The minimum absolute atomic E-state index is 0.0600. The molecule has 0 bridgehead atoms. The van der Waals surface area contributed by atoms with Gasteiger partial charge in [-0.2, -0.15) is 0 Å². The second kappa shape index (κ2) is 13.3. The molecule has 0 saturated carbocycles. The Bertz CT molecular complexity index is 1210. The number of carbonyl (C=O) groups excluding carboxylic acids is 2. The Kier molecular flexibility index (Phi) is 9.92. The van der Waals surface area contributed by atoms with Gasteiger partial charge >= 0.3 is 12.1 Å². The Morgan fingerprint density at radius 2 is 1.63 bits per heavy atom. The van der Waals surface area contributed by atoms with Crippen molar-refractivity contribution in [2.75, 3.05) is 25.5 Å². The molecule has 2 N–H and O–H groups in total. The van der Waals surface area contributed by atoms with Crippen LogP contribution in [0, 0.1) is 5.82 Å². The number of para-hydroxylation sites is 1. The molecule has 3 rings (SSSR count). The quantitative estimate of drug-likeness (QED) is 0.342. The van der Waals surface area contributed by atoms with Crippen LogP contribution in [0.1, 0.15) is 31.9 Å². The molecule has 0 atom stereocenters. The summed E-state index contributed by atoms with van der Waals surface area (Å²) in [5.41, 5.74) is 1.19. The number of methoxy groups -OCH3 is 1. The van der Waals surface area contributed by atoms with Gasteiger partial charge < -0.3 is 29.7 Å². The van der Waals surface area contributed by atoms with Gasteiger partial charge in [0.05, 0.1) is 12.8 Å². The van der Waals surface area contributed by atoms with Crippen molar-refractivity contribution in [1.29, 1.82) is 0 Å². The fourth-order valence-electron chi connectivity index (χ4n) is 3.50. The summed E-state index contributed by atoms with van der Waals surface area (Å²) >= 11 is 0. The van der Waals surface area contributed by atoms with Gasteiger partial charge in [-0.3, -0.25) is 0 Å². The average Bonchev–Trinajstić information content (AvgIpc) is 2.88. The summed E-state index contributed by atoms with van der Waals surface area (Å²) in [6.07, 6.45) is -0.589. The van der Waals surface area contributed by atoms with Gasteiger partial charge in [0, 0.05) is 19.6 Å². The van der Waals surface area contributed by atoms with E-state index in [2.05, 4.69) is 10.6 Å². The lowest BCUT2D eigenvalue weighted by Gasteiger charge is -2.25. The number of anilines is 1. The number of halogens is 1. The zero-order valence-electron chi connectivity index (χ0n) is 22.1. The summed E-state index contributed by atoms with van der Waals surface area (Å²) in [5.74, 6) is 0.531. The number of rotatable bonds is 10. The largest absolute Gasteiger partial charge is 0.493 e. The van der Waals surface area contributed by atoms with Crippen molar-refractivity contribution in [2.24, 2.45) is 0 Å². The van der Waals surface area contributed by atoms with Gasteiger partial charge in [-0.15, -0.1) is 0 Å². The SMILES string of the molecule is COc1cc(CN(CCNC(=O)OC(C)(C)C)C(=O)Nc2ccccc2F)ccc1OCc1ccccc1. The number of nitrogens with one attached hydrogen (secondary N) is 2. The molecule has 3 aromatic rings. The predicted molar refractivity (Wildman–Crippen MR) is 144 cm³/mol. The zero-order chi connectivity index (χ0) is 27.5. The van der Waals surface area contributed by atoms with Gasteiger partial charge in [0.2, 0.25) is 0 Å². The van der Waals surface area contributed by atoms with E-state index < -0.39 is 23.5 Å². The summed E-state index contributed by atoms with van der Waals surface area (Å²) in [4.78, 5) is 26.6. The molecule has 3 aromatic carbocycles. The number of ether oxygens (including phenoxy) is 3. The van der Waals surface area contributed by atoms with Crippen LogP contribution in [-0.2, 0) is 17.9 Å². The second-order valence-electron chi connectivity index (χ2n) is 9.52. The molecule has 0 aromatic heterocycles. The number of urea groups is 1. The maximum atomic E-state index is 14.2. The minimum atomic E-state index is -0.646. The fourth-order valence-corrected chi connectivity index (χ4v) is 3.50. The molecule has 38 heavy (non-hydrogen) atoms. The summed E-state index contributed by atoms with van der Waals surface area (Å²) in [6, 6.07) is 20.6. The molecule has 0 heterocycles. The molecule has 0 aliphatic rings. The first-order chi connectivity index (χ1) is 18.1. The van der Waals surface area contributed by atoms with E-state index in [1.807, 2.05) is 36.4 Å². The van der Waals surface area contributed by atoms with Gasteiger partial charge in [-0.05, 0) is 56.2 Å². The van der Waals surface area contributed by atoms with Crippen LogP contribution in [0.3, 0.4) is 0 Å². The van der Waals surface area contributed by atoms with Crippen LogP contribution < -0.4 is 20.1 Å². The van der Waals surface area contributed by atoms with Crippen LogP contribution in [-0.4, -0.2) is 42.8 Å². The van der Waals surface area contributed by atoms with Crippen LogP contribution in [0.25, 0.3) is 0 Å². The normalized spacial score (nSPS) is 10.9. The van der Waals surface area contributed by atoms with Crippen molar-refractivity contribution in [3.05, 3.63) is 89.7 Å². The lowest BCUT2D eigenvalue weighted by Crippen LogP contribution is -2.41. The Morgan fingerprint density at radius 1 is 0.921 bits per heavy atom. The Labute approximate surface area is 222 Å². The summed E-state index contributed by atoms with van der Waals surface area (Å²) < 4.78 is 30.9. The monoisotopic (exact) mass is 523 g/mol. The fraction of sp³-hybridized carbons (Fsp3) is 0.310. The van der Waals surface area contributed by atoms with Crippen molar-refractivity contribution in [1.82, 2.24) is 10.2 Å². The molecule has 0 radical (unpaired) electrons. The Hall–Kier alpha value is -4.27. The van der Waals surface area contributed by atoms with E-state index in [4.69, 9.17) is 14.2 Å². The van der Waals surface area contributed by atoms with Crippen LogP contribution in [0.2, 0.25) is 0 Å². The van der Waals surface area contributed by atoms with Gasteiger partial charge in [0.25, 0.3) is 0 Å². The smallest absolute Gasteiger partial charge is 0.407 e. The molecule has 0 saturated heterocycles. The van der Waals surface area contributed by atoms with Crippen LogP contribution in [0.5, 0.6) is 11.5 Å². The summed E-state index contributed by atoms with van der Waals surface area (Å²) in [6.45, 7) is 6.13. The topological polar surface area (TPSA) is 89.1 Å². The highest BCUT2D eigenvalue weighted by Crippen LogP contribution is 2.29. The van der Waals surface area contributed by atoms with E-state index in [-0.39, 0.29) is 25.3 Å². The molecular weight excluding hydrogens is 489 g/mol. The van der Waals surface area contributed by atoms with E-state index in [0.29, 0.717) is 18.1 Å². The first kappa shape index (κ1) is 28.3. The summed E-state index contributed by atoms with van der Waals surface area (Å²) in [5, 5.41) is 5.25. The van der Waals surface area contributed by atoms with Gasteiger partial charge in [-0.1, -0.05) is 48.5 Å². The first-order valence-electron chi connectivity index (χ1n) is 12.3. The molecule has 8 nitrogen and oxygen atoms in total. The molecule has 3 amide bonds. The van der Waals surface area contributed by atoms with Crippen molar-refractivity contribution in [2.45, 2.75) is 39.5 Å². The molecular formula is C29H34FN3O5. The third-order valence-corrected chi connectivity index (χ3v) is 5.29. The molecule has 0 fully saturated rings. The third kappa shape index (κ3) is 8.99. The van der Waals surface area contributed by atoms with Crippen molar-refractivity contribution in [3.63, 3.8) is 0 Å². The first-order valence-corrected chi connectivity index (χ1v) is 12.3. The lowest BCUT2D eigenvalue weighted by atomic mass is 10.2. The van der Waals surface area contributed by atoms with Gasteiger partial charge in [0.15, 0.2) is 11.5 Å². The molecule has 9 heteroatoms. The standard InChI is InChI=1S/C29H34FN3O5/c1-29(2,3)38-28(35)31-16-17-33(27(34)32-24-13-9-8-12-23(24)30)19-22-14-15-25(26(18-22)36-4)37-20-21-10-6-5-7-11-21/h5-15,18H,16-17,19-20H2,1-4H3,(H,31,35)(H,32,34). The molecule has 0 aliphatic carbocycles. The maximum absolute atomic E-state index is 14.2. The number of hydrogen-bond donors (Lipinski definition) is 2. The highest BCUT2D eigenvalue weighted by Gasteiger charge is 2.19. The highest BCUT2D eigenvalue weighted by atomic mass is 19.1. The molecule has 0 spiro atoms. The van der Waals surface area contributed by atoms with Gasteiger partial charge in [-0.25, -0.2) is 14.0 Å². The number of amides is 3. The third-order valence-electron chi connectivity index (χ3n) is 5.29. The van der Waals surface area contributed by atoms with Crippen LogP contribution in [0.15, 0.2) is 72.8 Å². The number of alkyl carbamates (subject to hydrolysis) is 1. The van der Waals surface area contributed by atoms with E-state index in [1.165, 1.54) is 17.0 Å². The predicted octanol–water partition coefficient (Wildman–Crippen LogP) is 5.97. The lowest BCUT2D eigenvalue weighted by molar-refractivity contribution is 0.0523. The Balaban J connectivity index is 1.71. The molecule has 202 valence electrons. The summed E-state index contributed by atoms with van der Waals surface area (Å²) in [7, 11) is 1.54. The van der Waals surface area contributed by atoms with Gasteiger partial charge in [0.1, 0.15) is 18.0 Å². The number of hydrogen-bond acceptors (Lipinski definition) is 5. The van der Waals surface area contributed by atoms with E-state index in [0.717, 1.165) is 11.1 Å². The second-order valence-corrected chi connectivity index (χ2v) is 9.52. The minimum Gasteiger partial charge on any atom is -0.493 e. The number of nitrogens with zero attached hydrogens (tertiary/aromatic N) is 1. The maximum Gasteiger partial charge on any atom is 0.407 e. The molecule has 0 aliphatic heterocycles. The van der Waals surface area contributed by atoms with Crippen LogP contribution >= 0.6 is 0 Å². The number of carbonyl (C=O) groups is 2. The zero-order valence-corrected chi connectivity index (χ0v) is 22.1. The van der Waals surface area contributed by atoms with E-state index in [9.17, 15) is 14.0 Å².